The number of halogens is 4. The van der Waals surface area contributed by atoms with Crippen LogP contribution in [0.25, 0.3) is 22.4 Å². The molecule has 246 valence electrons. The molecular formula is C32H32F4N8O3. The predicted octanol–water partition coefficient (Wildman–Crippen LogP) is 4.52. The van der Waals surface area contributed by atoms with E-state index in [0.717, 1.165) is 12.1 Å². The average Bonchev–Trinajstić information content (AvgIpc) is 3.46. The normalized spacial score (nSPS) is 18.0. The molecule has 0 spiro atoms. The highest BCUT2D eigenvalue weighted by molar-refractivity contribution is 5.81. The van der Waals surface area contributed by atoms with Gasteiger partial charge in [0, 0.05) is 31.6 Å². The summed E-state index contributed by atoms with van der Waals surface area (Å²) < 4.78 is 70.8. The molecule has 0 radical (unpaired) electrons. The lowest BCUT2D eigenvalue weighted by molar-refractivity contribution is -0.0529. The Morgan fingerprint density at radius 2 is 1.81 bits per heavy atom. The van der Waals surface area contributed by atoms with Crippen LogP contribution >= 0.6 is 0 Å². The van der Waals surface area contributed by atoms with Gasteiger partial charge in [-0.2, -0.15) is 0 Å². The highest BCUT2D eigenvalue weighted by Crippen LogP contribution is 2.35. The molecule has 15 heteroatoms. The molecular weight excluding hydrogens is 620 g/mol. The molecule has 0 aliphatic carbocycles. The molecule has 11 nitrogen and oxygen atoms in total. The lowest BCUT2D eigenvalue weighted by Gasteiger charge is -2.44. The van der Waals surface area contributed by atoms with Crippen LogP contribution in [0.4, 0.5) is 29.1 Å². The standard InChI is InChI=1S/C32H32F4N8O3/c1-18(46-20-6-3-2-4-7-20)47-26-12-22(33)21(11-23(26)34)24-10-19(14-44-17-42-27-30(37)40-16-41-31(27)44)25(13-39-24)43-9-5-8-32(38,15-43)28(45)29(35)36/h2-4,6-7,10-13,16-18,28-29,45H,5,8-9,14-15,38H2,1H3,(H2,37,40,41)/t18?,28-,32-/m1/s1. The van der Waals surface area contributed by atoms with Crippen molar-refractivity contribution in [1.82, 2.24) is 24.5 Å². The summed E-state index contributed by atoms with van der Waals surface area (Å²) in [7, 11) is 0. The minimum absolute atomic E-state index is 0.0927. The highest BCUT2D eigenvalue weighted by atomic mass is 19.3. The maximum atomic E-state index is 15.6. The molecule has 3 aromatic heterocycles. The van der Waals surface area contributed by atoms with E-state index < -0.39 is 36.0 Å². The van der Waals surface area contributed by atoms with Gasteiger partial charge in [-0.15, -0.1) is 0 Å². The van der Waals surface area contributed by atoms with E-state index in [1.54, 1.807) is 46.7 Å². The summed E-state index contributed by atoms with van der Waals surface area (Å²) in [5, 5.41) is 10.2. The van der Waals surface area contributed by atoms with Crippen molar-refractivity contribution in [3.8, 4) is 22.8 Å². The highest BCUT2D eigenvalue weighted by Gasteiger charge is 2.43. The van der Waals surface area contributed by atoms with E-state index in [0.29, 0.717) is 41.1 Å². The number of alkyl halides is 2. The Kier molecular flexibility index (Phi) is 8.84. The van der Waals surface area contributed by atoms with Crippen LogP contribution < -0.4 is 25.8 Å². The summed E-state index contributed by atoms with van der Waals surface area (Å²) in [6.07, 6.45) is -1.14. The molecule has 4 heterocycles. The molecule has 3 atom stereocenters. The van der Waals surface area contributed by atoms with Gasteiger partial charge in [-0.3, -0.25) is 4.98 Å². The number of aliphatic hydroxyl groups is 1. The number of anilines is 2. The lowest BCUT2D eigenvalue weighted by atomic mass is 9.84. The van der Waals surface area contributed by atoms with Crippen LogP contribution in [-0.2, 0) is 6.54 Å². The van der Waals surface area contributed by atoms with Crippen LogP contribution in [0.15, 0.2) is 67.4 Å². The van der Waals surface area contributed by atoms with E-state index in [2.05, 4.69) is 19.9 Å². The van der Waals surface area contributed by atoms with Crippen LogP contribution in [0.1, 0.15) is 25.3 Å². The van der Waals surface area contributed by atoms with Gasteiger partial charge in [-0.1, -0.05) is 18.2 Å². The topological polar surface area (TPSA) is 150 Å². The number of fused-ring (bicyclic) bond motifs is 1. The number of nitrogen functional groups attached to an aromatic ring is 1. The van der Waals surface area contributed by atoms with E-state index >= 15 is 8.78 Å². The molecule has 6 rings (SSSR count). The smallest absolute Gasteiger partial charge is 0.265 e. The van der Waals surface area contributed by atoms with Crippen molar-refractivity contribution in [2.24, 2.45) is 5.73 Å². The number of nitrogens with two attached hydrogens (primary N) is 2. The third kappa shape index (κ3) is 6.62. The van der Waals surface area contributed by atoms with Crippen molar-refractivity contribution in [2.75, 3.05) is 23.7 Å². The molecule has 1 unspecified atom stereocenters. The second-order valence-electron chi connectivity index (χ2n) is 11.4. The van der Waals surface area contributed by atoms with Gasteiger partial charge in [-0.05, 0) is 42.7 Å². The van der Waals surface area contributed by atoms with Gasteiger partial charge >= 0.3 is 0 Å². The minimum atomic E-state index is -3.03. The van der Waals surface area contributed by atoms with Gasteiger partial charge < -0.3 is 35.5 Å². The fourth-order valence-electron chi connectivity index (χ4n) is 5.77. The molecule has 47 heavy (non-hydrogen) atoms. The van der Waals surface area contributed by atoms with Gasteiger partial charge in [-0.25, -0.2) is 32.5 Å². The van der Waals surface area contributed by atoms with E-state index in [1.165, 1.54) is 18.9 Å². The first-order chi connectivity index (χ1) is 22.5. The van der Waals surface area contributed by atoms with Crippen molar-refractivity contribution in [2.45, 2.75) is 50.7 Å². The number of para-hydroxylation sites is 1. The summed E-state index contributed by atoms with van der Waals surface area (Å²) in [4.78, 5) is 18.7. The molecule has 0 bridgehead atoms. The summed E-state index contributed by atoms with van der Waals surface area (Å²) in [5.74, 6) is -1.31. The number of rotatable bonds is 10. The summed E-state index contributed by atoms with van der Waals surface area (Å²) in [6, 6.07) is 12.2. The first-order valence-electron chi connectivity index (χ1n) is 14.8. The molecule has 1 aliphatic rings. The molecule has 1 saturated heterocycles. The Hall–Kier alpha value is -5.02. The number of nitrogens with zero attached hydrogens (tertiary/aromatic N) is 6. The second-order valence-corrected chi connectivity index (χ2v) is 11.4. The quantitative estimate of drug-likeness (QED) is 0.145. The summed E-state index contributed by atoms with van der Waals surface area (Å²) in [5.41, 5.74) is 12.5. The Morgan fingerprint density at radius 1 is 1.02 bits per heavy atom. The molecule has 5 N–H and O–H groups in total. The van der Waals surface area contributed by atoms with Crippen LogP contribution in [0.3, 0.4) is 0 Å². The van der Waals surface area contributed by atoms with Crippen LogP contribution in [0, 0.1) is 11.6 Å². The first-order valence-corrected chi connectivity index (χ1v) is 14.8. The fraction of sp³-hybridized carbons (Fsp3) is 0.312. The third-order valence-corrected chi connectivity index (χ3v) is 8.10. The Bertz CT molecular complexity index is 1880. The van der Waals surface area contributed by atoms with Gasteiger partial charge in [0.15, 0.2) is 23.0 Å². The second kappa shape index (κ2) is 13.0. The summed E-state index contributed by atoms with van der Waals surface area (Å²) >= 11 is 0. The molecule has 1 aliphatic heterocycles. The Balaban J connectivity index is 1.35. The largest absolute Gasteiger partial charge is 0.455 e. The average molecular weight is 653 g/mol. The van der Waals surface area contributed by atoms with Crippen LogP contribution in [0.5, 0.6) is 11.5 Å². The zero-order valence-corrected chi connectivity index (χ0v) is 25.2. The zero-order valence-electron chi connectivity index (χ0n) is 25.2. The molecule has 5 aromatic rings. The SMILES string of the molecule is CC(Oc1ccccc1)Oc1cc(F)c(-c2cc(Cn3cnc4c(N)ncnc43)c(N3CCC[C@](N)([C@H](O)C(F)F)C3)cn2)cc1F. The number of hydrogen-bond donors (Lipinski definition) is 3. The van der Waals surface area contributed by atoms with Gasteiger partial charge in [0.25, 0.3) is 6.43 Å². The van der Waals surface area contributed by atoms with Crippen LogP contribution in [0.2, 0.25) is 0 Å². The maximum absolute atomic E-state index is 15.6. The predicted molar refractivity (Wildman–Crippen MR) is 166 cm³/mol. The monoisotopic (exact) mass is 652 g/mol. The maximum Gasteiger partial charge on any atom is 0.265 e. The Morgan fingerprint density at radius 3 is 2.57 bits per heavy atom. The minimum Gasteiger partial charge on any atom is -0.455 e. The summed E-state index contributed by atoms with van der Waals surface area (Å²) in [6.45, 7) is 2.01. The van der Waals surface area contributed by atoms with Crippen molar-refractivity contribution < 1.29 is 32.1 Å². The number of pyridine rings is 1. The lowest BCUT2D eigenvalue weighted by Crippen LogP contribution is -2.63. The van der Waals surface area contributed by atoms with Gasteiger partial charge in [0.1, 0.15) is 29.5 Å². The number of hydrogen-bond acceptors (Lipinski definition) is 10. The van der Waals surface area contributed by atoms with E-state index in [1.807, 2.05) is 6.07 Å². The third-order valence-electron chi connectivity index (χ3n) is 8.10. The molecule has 0 amide bonds. The number of imidazole rings is 1. The van der Waals surface area contributed by atoms with Crippen molar-refractivity contribution in [3.63, 3.8) is 0 Å². The Labute approximate surface area is 266 Å². The fourth-order valence-corrected chi connectivity index (χ4v) is 5.77. The molecule has 2 aromatic carbocycles. The first kappa shape index (κ1) is 31.9. The van der Waals surface area contributed by atoms with Crippen molar-refractivity contribution in [3.05, 3.63) is 84.6 Å². The number of aliphatic hydroxyl groups excluding tert-OH is 1. The molecule has 1 fully saturated rings. The number of benzene rings is 2. The van der Waals surface area contributed by atoms with E-state index in [-0.39, 0.29) is 42.3 Å². The number of ether oxygens (including phenoxy) is 2. The van der Waals surface area contributed by atoms with Gasteiger partial charge in [0.2, 0.25) is 6.29 Å². The number of aromatic nitrogens is 5. The number of piperidine rings is 1. The van der Waals surface area contributed by atoms with Crippen molar-refractivity contribution >= 4 is 22.7 Å². The van der Waals surface area contributed by atoms with Gasteiger partial charge in [0.05, 0.1) is 36.0 Å². The van der Waals surface area contributed by atoms with E-state index in [4.69, 9.17) is 20.9 Å². The van der Waals surface area contributed by atoms with E-state index in [9.17, 15) is 13.9 Å². The van der Waals surface area contributed by atoms with Crippen LogP contribution in [-0.4, -0.2) is 67.1 Å². The zero-order chi connectivity index (χ0) is 33.3. The molecule has 0 saturated carbocycles. The van der Waals surface area contributed by atoms with Crippen molar-refractivity contribution in [1.29, 1.82) is 0 Å².